The molecule has 2 amide bonds. The number of urea groups is 1. The molecule has 9 nitrogen and oxygen atoms in total. The number of carbonyl (C=O) groups is 2. The normalized spacial score (nSPS) is 22.2. The maximum absolute atomic E-state index is 14.2. The molecule has 5 rings (SSSR count). The molecular weight excluding hydrogens is 576 g/mol. The number of likely N-dealkylation sites (N-methyl/N-ethyl adjacent to an activating group) is 1. The number of aryl methyl sites for hydroxylation is 1. The van der Waals surface area contributed by atoms with E-state index in [1.165, 1.54) is 6.42 Å². The predicted molar refractivity (Wildman–Crippen MR) is 164 cm³/mol. The lowest BCUT2D eigenvalue weighted by atomic mass is 9.83. The smallest absolute Gasteiger partial charge is 0.326 e. The Morgan fingerprint density at radius 1 is 1.02 bits per heavy atom. The first-order valence-electron chi connectivity index (χ1n) is 15.1. The Kier molecular flexibility index (Phi) is 9.64. The third-order valence-corrected chi connectivity index (χ3v) is 11.4. The summed E-state index contributed by atoms with van der Waals surface area (Å²) in [5.41, 5.74) is 1.95. The van der Waals surface area contributed by atoms with Crippen LogP contribution < -0.4 is 10.2 Å². The van der Waals surface area contributed by atoms with Gasteiger partial charge in [0.25, 0.3) is 0 Å². The number of hydrogen-bond donors (Lipinski definition) is 2. The quantitative estimate of drug-likeness (QED) is 0.416. The molecule has 11 heteroatoms. The minimum Gasteiger partial charge on any atom is -0.480 e. The van der Waals surface area contributed by atoms with Crippen molar-refractivity contribution in [3.05, 3.63) is 53.1 Å². The van der Waals surface area contributed by atoms with Crippen molar-refractivity contribution in [2.24, 2.45) is 5.92 Å². The van der Waals surface area contributed by atoms with Crippen LogP contribution in [0.4, 0.5) is 16.2 Å². The van der Waals surface area contributed by atoms with Crippen molar-refractivity contribution in [1.29, 1.82) is 0 Å². The fourth-order valence-corrected chi connectivity index (χ4v) is 8.52. The average Bonchev–Trinajstić information content (AvgIpc) is 3.08. The van der Waals surface area contributed by atoms with Crippen LogP contribution in [-0.4, -0.2) is 73.5 Å². The molecule has 2 aromatic rings. The van der Waals surface area contributed by atoms with Crippen molar-refractivity contribution in [3.63, 3.8) is 0 Å². The number of piperidine rings is 1. The number of aliphatic carboxylic acids is 1. The van der Waals surface area contributed by atoms with Crippen LogP contribution in [0.1, 0.15) is 63.4 Å². The summed E-state index contributed by atoms with van der Waals surface area (Å²) in [6.07, 6.45) is 8.51. The molecule has 1 saturated heterocycles. The maximum atomic E-state index is 14.2. The van der Waals surface area contributed by atoms with Crippen LogP contribution in [-0.2, 0) is 21.2 Å². The second kappa shape index (κ2) is 13.2. The highest BCUT2D eigenvalue weighted by Crippen LogP contribution is 2.42. The summed E-state index contributed by atoms with van der Waals surface area (Å²) in [5.74, 6) is -0.877. The number of nitrogens with one attached hydrogen (secondary N) is 1. The first-order valence-corrected chi connectivity index (χ1v) is 16.9. The second-order valence-electron chi connectivity index (χ2n) is 11.8. The third-order valence-electron chi connectivity index (χ3n) is 9.12. The van der Waals surface area contributed by atoms with Crippen LogP contribution in [0.15, 0.2) is 47.4 Å². The molecule has 0 bridgehead atoms. The van der Waals surface area contributed by atoms with E-state index in [2.05, 4.69) is 10.2 Å². The fourth-order valence-electron chi connectivity index (χ4n) is 6.64. The Balaban J connectivity index is 1.45. The van der Waals surface area contributed by atoms with Gasteiger partial charge in [0.2, 0.25) is 10.0 Å². The van der Waals surface area contributed by atoms with Crippen molar-refractivity contribution in [3.8, 4) is 0 Å². The first kappa shape index (κ1) is 30.6. The van der Waals surface area contributed by atoms with Crippen LogP contribution in [0.3, 0.4) is 0 Å². The number of hydrogen-bond acceptors (Lipinski definition) is 5. The van der Waals surface area contributed by atoms with E-state index >= 15 is 0 Å². The number of anilines is 2. The van der Waals surface area contributed by atoms with Crippen LogP contribution in [0.5, 0.6) is 0 Å². The molecule has 1 saturated carbocycles. The number of carbonyl (C=O) groups excluding carboxylic acids is 1. The summed E-state index contributed by atoms with van der Waals surface area (Å²) in [6, 6.07) is 11.4. The monoisotopic (exact) mass is 616 g/mol. The number of rotatable bonds is 7. The Hall–Kier alpha value is -2.82. The van der Waals surface area contributed by atoms with E-state index in [4.69, 9.17) is 11.6 Å². The third kappa shape index (κ3) is 6.55. The molecule has 1 unspecified atom stereocenters. The number of likely N-dealkylation sites (tertiary alicyclic amines) is 1. The lowest BCUT2D eigenvalue weighted by Gasteiger charge is -2.36. The topological polar surface area (TPSA) is 110 Å². The standard InChI is InChI=1S/C31H41ClN4O5S/c1-34-28(22-11-5-2-6-12-22)21-36(24-13-7-3-8-14-24)27-20-25(32)23(19-29(27)42(34,40)41)15-16-26(30(37)38)33-31(39)35-17-9-4-10-18-35/h3,7-8,13-14,19-20,22,26,28H,2,4-6,9-12,15-18,21H2,1H3,(H,33,39)(H,37,38)/t26?,28-/m0/s1. The van der Waals surface area contributed by atoms with Crippen molar-refractivity contribution < 1.29 is 23.1 Å². The van der Waals surface area contributed by atoms with Crippen molar-refractivity contribution >= 4 is 45.0 Å². The Morgan fingerprint density at radius 3 is 2.36 bits per heavy atom. The van der Waals surface area contributed by atoms with Crippen LogP contribution in [0, 0.1) is 5.92 Å². The minimum absolute atomic E-state index is 0.0798. The Morgan fingerprint density at radius 2 is 1.69 bits per heavy atom. The van der Waals surface area contributed by atoms with Gasteiger partial charge in [-0.25, -0.2) is 18.0 Å². The highest BCUT2D eigenvalue weighted by atomic mass is 35.5. The summed E-state index contributed by atoms with van der Waals surface area (Å²) in [5, 5.41) is 12.9. The number of sulfonamides is 1. The number of nitrogens with zero attached hydrogens (tertiary/aromatic N) is 3. The second-order valence-corrected chi connectivity index (χ2v) is 14.1. The summed E-state index contributed by atoms with van der Waals surface area (Å²) in [7, 11) is -2.21. The molecule has 2 fully saturated rings. The zero-order valence-corrected chi connectivity index (χ0v) is 25.7. The molecule has 0 aromatic heterocycles. The van der Waals surface area contributed by atoms with E-state index in [1.807, 2.05) is 30.3 Å². The molecule has 2 heterocycles. The van der Waals surface area contributed by atoms with E-state index in [1.54, 1.807) is 28.4 Å². The van der Waals surface area contributed by atoms with Crippen LogP contribution in [0.2, 0.25) is 5.02 Å². The van der Waals surface area contributed by atoms with Gasteiger partial charge in [-0.05, 0) is 80.7 Å². The molecule has 0 radical (unpaired) electrons. The lowest BCUT2D eigenvalue weighted by Crippen LogP contribution is -2.49. The van der Waals surface area contributed by atoms with Gasteiger partial charge < -0.3 is 20.2 Å². The zero-order valence-electron chi connectivity index (χ0n) is 24.2. The molecule has 0 spiro atoms. The van der Waals surface area contributed by atoms with E-state index in [0.29, 0.717) is 35.9 Å². The van der Waals surface area contributed by atoms with E-state index in [0.717, 1.165) is 50.6 Å². The number of benzene rings is 2. The molecular formula is C31H41ClN4O5S. The van der Waals surface area contributed by atoms with Gasteiger partial charge in [0.05, 0.1) is 5.69 Å². The lowest BCUT2D eigenvalue weighted by molar-refractivity contribution is -0.139. The highest BCUT2D eigenvalue weighted by Gasteiger charge is 2.41. The summed E-state index contributed by atoms with van der Waals surface area (Å²) in [4.78, 5) is 28.6. The van der Waals surface area contributed by atoms with E-state index in [-0.39, 0.29) is 35.7 Å². The van der Waals surface area contributed by atoms with E-state index in [9.17, 15) is 23.1 Å². The molecule has 2 aromatic carbocycles. The SMILES string of the molecule is CN1[C@H](C2CCCCC2)CN(c2ccccc2)c2cc(Cl)c(CCC(NC(=O)N3CCCCC3)C(=O)O)cc2S1(=O)=O. The molecule has 3 aliphatic rings. The van der Waals surface area contributed by atoms with Gasteiger partial charge in [-0.2, -0.15) is 4.31 Å². The number of amides is 2. The minimum atomic E-state index is -3.88. The van der Waals surface area contributed by atoms with Crippen molar-refractivity contribution in [2.45, 2.75) is 81.2 Å². The van der Waals surface area contributed by atoms with Crippen LogP contribution >= 0.6 is 11.6 Å². The average molecular weight is 617 g/mol. The zero-order chi connectivity index (χ0) is 29.9. The largest absolute Gasteiger partial charge is 0.480 e. The summed E-state index contributed by atoms with van der Waals surface area (Å²) < 4.78 is 29.9. The van der Waals surface area contributed by atoms with E-state index < -0.39 is 22.0 Å². The molecule has 2 atom stereocenters. The first-order chi connectivity index (χ1) is 20.2. The molecule has 2 N–H and O–H groups in total. The number of fused-ring (bicyclic) bond motifs is 1. The highest BCUT2D eigenvalue weighted by molar-refractivity contribution is 7.89. The summed E-state index contributed by atoms with van der Waals surface area (Å²) in [6.45, 7) is 1.73. The van der Waals surface area contributed by atoms with Gasteiger partial charge >= 0.3 is 12.0 Å². The summed E-state index contributed by atoms with van der Waals surface area (Å²) >= 11 is 6.79. The van der Waals surface area contributed by atoms with Gasteiger partial charge in [0.1, 0.15) is 10.9 Å². The van der Waals surface area contributed by atoms with Gasteiger partial charge in [-0.15, -0.1) is 0 Å². The van der Waals surface area contributed by atoms with Gasteiger partial charge in [0.15, 0.2) is 0 Å². The van der Waals surface area contributed by atoms with Gasteiger partial charge in [-0.3, -0.25) is 0 Å². The number of carboxylic acids is 1. The van der Waals surface area contributed by atoms with Gasteiger partial charge in [-0.1, -0.05) is 49.1 Å². The molecule has 228 valence electrons. The van der Waals surface area contributed by atoms with Crippen molar-refractivity contribution in [2.75, 3.05) is 31.6 Å². The molecule has 42 heavy (non-hydrogen) atoms. The maximum Gasteiger partial charge on any atom is 0.326 e. The van der Waals surface area contributed by atoms with Gasteiger partial charge in [0, 0.05) is 43.4 Å². The van der Waals surface area contributed by atoms with Crippen LogP contribution in [0.25, 0.3) is 0 Å². The number of carboxylic acid groups (broad SMARTS) is 1. The number of halogens is 1. The molecule has 2 aliphatic heterocycles. The Bertz CT molecular complexity index is 1380. The van der Waals surface area contributed by atoms with Crippen molar-refractivity contribution in [1.82, 2.24) is 14.5 Å². The molecule has 1 aliphatic carbocycles. The predicted octanol–water partition coefficient (Wildman–Crippen LogP) is 5.64. The Labute approximate surface area is 253 Å². The number of para-hydroxylation sites is 1. The fraction of sp³-hybridized carbons (Fsp3) is 0.548.